The van der Waals surface area contributed by atoms with E-state index in [4.69, 9.17) is 0 Å². The van der Waals surface area contributed by atoms with Crippen LogP contribution in [0.5, 0.6) is 0 Å². The summed E-state index contributed by atoms with van der Waals surface area (Å²) in [5.41, 5.74) is 5.42. The summed E-state index contributed by atoms with van der Waals surface area (Å²) < 4.78 is 15.2. The molecule has 2 aromatic rings. The SMILES string of the molecule is CCC[C@H]1CC[C@H](c2ccc(-c3ccc([C@H]4CC[C@H](C(C)[SiH2]CC)CC4)cc3F)cc2)CC1. The van der Waals surface area contributed by atoms with Crippen molar-refractivity contribution in [3.63, 3.8) is 0 Å². The first kappa shape index (κ1) is 24.7. The van der Waals surface area contributed by atoms with Gasteiger partial charge in [0.15, 0.2) is 0 Å². The van der Waals surface area contributed by atoms with Gasteiger partial charge < -0.3 is 0 Å². The Morgan fingerprint density at radius 2 is 1.42 bits per heavy atom. The third-order valence-corrected chi connectivity index (χ3v) is 11.2. The van der Waals surface area contributed by atoms with E-state index in [1.54, 1.807) is 0 Å². The van der Waals surface area contributed by atoms with E-state index in [0.29, 0.717) is 11.8 Å². The third kappa shape index (κ3) is 6.18. The first-order chi connectivity index (χ1) is 16.1. The maximum atomic E-state index is 15.2. The van der Waals surface area contributed by atoms with Crippen molar-refractivity contribution >= 4 is 9.52 Å². The van der Waals surface area contributed by atoms with Crippen LogP contribution in [0, 0.1) is 17.7 Å². The van der Waals surface area contributed by atoms with Crippen molar-refractivity contribution in [1.82, 2.24) is 0 Å². The summed E-state index contributed by atoms with van der Waals surface area (Å²) in [6, 6.07) is 16.3. The summed E-state index contributed by atoms with van der Waals surface area (Å²) in [6.45, 7) is 7.14. The molecule has 0 saturated heterocycles. The Labute approximate surface area is 204 Å². The zero-order chi connectivity index (χ0) is 23.2. The van der Waals surface area contributed by atoms with Crippen LogP contribution >= 0.6 is 0 Å². The van der Waals surface area contributed by atoms with E-state index in [9.17, 15) is 0 Å². The van der Waals surface area contributed by atoms with Crippen LogP contribution in [0.3, 0.4) is 0 Å². The van der Waals surface area contributed by atoms with Crippen LogP contribution in [0.2, 0.25) is 11.6 Å². The molecule has 2 aromatic carbocycles. The smallest absolute Gasteiger partial charge is 0.131 e. The predicted molar refractivity (Wildman–Crippen MR) is 145 cm³/mol. The van der Waals surface area contributed by atoms with Crippen molar-refractivity contribution in [1.29, 1.82) is 0 Å². The monoisotopic (exact) mass is 464 g/mol. The van der Waals surface area contributed by atoms with E-state index in [1.165, 1.54) is 81.4 Å². The van der Waals surface area contributed by atoms with E-state index in [2.05, 4.69) is 51.1 Å². The number of rotatable bonds is 8. The lowest BCUT2D eigenvalue weighted by Gasteiger charge is -2.32. The van der Waals surface area contributed by atoms with Gasteiger partial charge in [-0.3, -0.25) is 0 Å². The molecule has 0 aliphatic heterocycles. The van der Waals surface area contributed by atoms with Gasteiger partial charge in [-0.05, 0) is 97.8 Å². The quantitative estimate of drug-likeness (QED) is 0.341. The van der Waals surface area contributed by atoms with Gasteiger partial charge in [0.2, 0.25) is 0 Å². The zero-order valence-electron chi connectivity index (χ0n) is 21.3. The van der Waals surface area contributed by atoms with Crippen LogP contribution in [-0.4, -0.2) is 9.52 Å². The van der Waals surface area contributed by atoms with Gasteiger partial charge in [0.25, 0.3) is 0 Å². The highest BCUT2D eigenvalue weighted by Gasteiger charge is 2.26. The average molecular weight is 465 g/mol. The maximum absolute atomic E-state index is 15.2. The van der Waals surface area contributed by atoms with Crippen LogP contribution < -0.4 is 0 Å². The van der Waals surface area contributed by atoms with Gasteiger partial charge in [-0.15, -0.1) is 0 Å². The fourth-order valence-corrected chi connectivity index (χ4v) is 8.71. The second-order valence-electron chi connectivity index (χ2n) is 11.2. The minimum Gasteiger partial charge on any atom is -0.206 e. The Morgan fingerprint density at radius 1 is 0.818 bits per heavy atom. The molecule has 2 aliphatic rings. The topological polar surface area (TPSA) is 0 Å². The molecule has 2 fully saturated rings. The molecule has 0 radical (unpaired) electrons. The summed E-state index contributed by atoms with van der Waals surface area (Å²) in [7, 11) is 0.105. The van der Waals surface area contributed by atoms with Gasteiger partial charge in [-0.25, -0.2) is 4.39 Å². The molecule has 180 valence electrons. The van der Waals surface area contributed by atoms with Gasteiger partial charge in [0, 0.05) is 15.1 Å². The van der Waals surface area contributed by atoms with Gasteiger partial charge in [-0.2, -0.15) is 0 Å². The molecule has 0 nitrogen and oxygen atoms in total. The maximum Gasteiger partial charge on any atom is 0.131 e. The largest absolute Gasteiger partial charge is 0.206 e. The van der Waals surface area contributed by atoms with Crippen molar-refractivity contribution in [3.8, 4) is 11.1 Å². The lowest BCUT2D eigenvalue weighted by Crippen LogP contribution is -2.19. The van der Waals surface area contributed by atoms with Crippen LogP contribution in [0.1, 0.15) is 108 Å². The molecule has 1 atom stereocenters. The minimum atomic E-state index is -0.0470. The van der Waals surface area contributed by atoms with Crippen LogP contribution in [-0.2, 0) is 0 Å². The zero-order valence-corrected chi connectivity index (χ0v) is 22.7. The van der Waals surface area contributed by atoms with Crippen molar-refractivity contribution in [3.05, 3.63) is 59.4 Å². The molecule has 0 bridgehead atoms. The van der Waals surface area contributed by atoms with Crippen molar-refractivity contribution in [2.45, 2.75) is 108 Å². The highest BCUT2D eigenvalue weighted by molar-refractivity contribution is 6.37. The number of halogens is 1. The first-order valence-electron chi connectivity index (χ1n) is 14.0. The summed E-state index contributed by atoms with van der Waals surface area (Å²) >= 11 is 0. The molecular formula is C31H45FSi. The average Bonchev–Trinajstić information content (AvgIpc) is 2.85. The lowest BCUT2D eigenvalue weighted by molar-refractivity contribution is 0.308. The molecule has 0 N–H and O–H groups in total. The molecule has 0 aromatic heterocycles. The van der Waals surface area contributed by atoms with Crippen molar-refractivity contribution in [2.75, 3.05) is 0 Å². The highest BCUT2D eigenvalue weighted by atomic mass is 28.2. The Morgan fingerprint density at radius 3 is 2.03 bits per heavy atom. The molecule has 0 heterocycles. The summed E-state index contributed by atoms with van der Waals surface area (Å²) in [4.78, 5) is 0. The Balaban J connectivity index is 1.36. The van der Waals surface area contributed by atoms with Crippen LogP contribution in [0.15, 0.2) is 42.5 Å². The number of hydrogen-bond donors (Lipinski definition) is 0. The van der Waals surface area contributed by atoms with Gasteiger partial charge in [-0.1, -0.05) is 81.6 Å². The van der Waals surface area contributed by atoms with Crippen LogP contribution in [0.4, 0.5) is 4.39 Å². The number of benzene rings is 2. The second-order valence-corrected chi connectivity index (χ2v) is 14.1. The normalized spacial score (nSPS) is 27.2. The molecule has 2 aliphatic carbocycles. The van der Waals surface area contributed by atoms with E-state index in [0.717, 1.165) is 28.5 Å². The summed E-state index contributed by atoms with van der Waals surface area (Å²) in [5.74, 6) is 3.06. The lowest BCUT2D eigenvalue weighted by atomic mass is 9.77. The molecule has 0 spiro atoms. The van der Waals surface area contributed by atoms with E-state index < -0.39 is 0 Å². The van der Waals surface area contributed by atoms with E-state index in [-0.39, 0.29) is 15.3 Å². The molecule has 1 unspecified atom stereocenters. The van der Waals surface area contributed by atoms with E-state index in [1.807, 2.05) is 12.1 Å². The fourth-order valence-electron chi connectivity index (χ4n) is 6.86. The summed E-state index contributed by atoms with van der Waals surface area (Å²) in [5, 5.41) is 0. The molecule has 33 heavy (non-hydrogen) atoms. The molecular weight excluding hydrogens is 419 g/mol. The molecule has 2 heteroatoms. The van der Waals surface area contributed by atoms with Crippen molar-refractivity contribution < 1.29 is 4.39 Å². The Bertz CT molecular complexity index is 857. The Hall–Kier alpha value is -1.41. The first-order valence-corrected chi connectivity index (χ1v) is 15.8. The fraction of sp³-hybridized carbons (Fsp3) is 0.613. The Kier molecular flexibility index (Phi) is 8.85. The molecule has 4 rings (SSSR count). The van der Waals surface area contributed by atoms with Gasteiger partial charge in [0.05, 0.1) is 0 Å². The second kappa shape index (κ2) is 11.8. The predicted octanol–water partition coefficient (Wildman–Crippen LogP) is 9.26. The van der Waals surface area contributed by atoms with Gasteiger partial charge >= 0.3 is 0 Å². The van der Waals surface area contributed by atoms with Gasteiger partial charge in [0.1, 0.15) is 5.82 Å². The minimum absolute atomic E-state index is 0.0470. The third-order valence-electron chi connectivity index (χ3n) is 9.02. The van der Waals surface area contributed by atoms with Crippen LogP contribution in [0.25, 0.3) is 11.1 Å². The highest BCUT2D eigenvalue weighted by Crippen LogP contribution is 2.42. The number of hydrogen-bond acceptors (Lipinski definition) is 0. The molecule has 0 amide bonds. The van der Waals surface area contributed by atoms with E-state index >= 15 is 4.39 Å². The molecule has 2 saturated carbocycles. The van der Waals surface area contributed by atoms with Crippen molar-refractivity contribution in [2.24, 2.45) is 11.8 Å². The summed E-state index contributed by atoms with van der Waals surface area (Å²) in [6.07, 6.45) is 13.2. The standard InChI is InChI=1S/C31H45FSi/c1-4-6-23-7-9-25(10-8-23)26-15-17-28(18-16-26)30-20-19-29(21-31(30)32)27-13-11-24(12-14-27)22(3)33-5-2/h15-25,27H,4-14,33H2,1-3H3/t22?,23-,24-,25-,27-.